The monoisotopic (exact) mass is 275 g/mol. The summed E-state index contributed by atoms with van der Waals surface area (Å²) in [6, 6.07) is 7.65. The van der Waals surface area contributed by atoms with Crippen molar-refractivity contribution in [1.82, 2.24) is 9.97 Å². The van der Waals surface area contributed by atoms with E-state index in [1.165, 1.54) is 17.3 Å². The standard InChI is InChI=1S/C14H17N3OS/c1-10-2-4-12(5-3-10)19-8-14(18)13(15)6-11-7-16-9-17-11/h2-5,7,9,13H,6,8,15H2,1H3,(H,16,17)/t13-/m0/s1. The molecule has 1 heterocycles. The summed E-state index contributed by atoms with van der Waals surface area (Å²) < 4.78 is 0. The SMILES string of the molecule is Cc1ccc(SCC(=O)[C@@H](N)Cc2cnc[nH]2)cc1. The zero-order chi connectivity index (χ0) is 13.7. The van der Waals surface area contributed by atoms with E-state index in [1.54, 1.807) is 12.5 Å². The number of aryl methyl sites for hydroxylation is 1. The van der Waals surface area contributed by atoms with E-state index in [4.69, 9.17) is 5.73 Å². The molecule has 0 saturated heterocycles. The second kappa shape index (κ2) is 6.54. The molecular weight excluding hydrogens is 258 g/mol. The molecule has 4 nitrogen and oxygen atoms in total. The highest BCUT2D eigenvalue weighted by molar-refractivity contribution is 8.00. The first-order valence-electron chi connectivity index (χ1n) is 6.10. The Hall–Kier alpha value is -1.59. The van der Waals surface area contributed by atoms with Gasteiger partial charge < -0.3 is 10.7 Å². The lowest BCUT2D eigenvalue weighted by Crippen LogP contribution is -2.34. The van der Waals surface area contributed by atoms with Crippen LogP contribution >= 0.6 is 11.8 Å². The number of hydrogen-bond donors (Lipinski definition) is 2. The normalized spacial score (nSPS) is 12.3. The smallest absolute Gasteiger partial charge is 0.160 e. The molecule has 0 bridgehead atoms. The van der Waals surface area contributed by atoms with Crippen LogP contribution in [0.3, 0.4) is 0 Å². The van der Waals surface area contributed by atoms with Gasteiger partial charge in [-0.15, -0.1) is 11.8 Å². The van der Waals surface area contributed by atoms with E-state index in [0.29, 0.717) is 12.2 Å². The maximum absolute atomic E-state index is 11.9. The molecule has 19 heavy (non-hydrogen) atoms. The molecule has 1 atom stereocenters. The van der Waals surface area contributed by atoms with Crippen molar-refractivity contribution >= 4 is 17.5 Å². The fraction of sp³-hybridized carbons (Fsp3) is 0.286. The number of carbonyl (C=O) groups is 1. The van der Waals surface area contributed by atoms with Gasteiger partial charge in [-0.25, -0.2) is 4.98 Å². The van der Waals surface area contributed by atoms with Crippen molar-refractivity contribution in [3.63, 3.8) is 0 Å². The van der Waals surface area contributed by atoms with Gasteiger partial charge in [0.05, 0.1) is 18.1 Å². The summed E-state index contributed by atoms with van der Waals surface area (Å²) in [5.74, 6) is 0.457. The lowest BCUT2D eigenvalue weighted by atomic mass is 10.1. The fourth-order valence-corrected chi connectivity index (χ4v) is 2.49. The highest BCUT2D eigenvalue weighted by Gasteiger charge is 2.14. The number of nitrogens with zero attached hydrogens (tertiary/aromatic N) is 1. The van der Waals surface area contributed by atoms with Crippen LogP contribution in [0.5, 0.6) is 0 Å². The number of nitrogens with two attached hydrogens (primary N) is 1. The van der Waals surface area contributed by atoms with Gasteiger partial charge in [0.2, 0.25) is 0 Å². The van der Waals surface area contributed by atoms with Crippen LogP contribution in [0.4, 0.5) is 0 Å². The van der Waals surface area contributed by atoms with Crippen molar-refractivity contribution in [2.45, 2.75) is 24.3 Å². The van der Waals surface area contributed by atoms with Gasteiger partial charge >= 0.3 is 0 Å². The van der Waals surface area contributed by atoms with E-state index < -0.39 is 6.04 Å². The number of thioether (sulfide) groups is 1. The Morgan fingerprint density at radius 1 is 1.42 bits per heavy atom. The average Bonchev–Trinajstić information content (AvgIpc) is 2.90. The minimum atomic E-state index is -0.474. The Bertz CT molecular complexity index is 522. The predicted molar refractivity (Wildman–Crippen MR) is 77.2 cm³/mol. The number of ketones is 1. The predicted octanol–water partition coefficient (Wildman–Crippen LogP) is 1.95. The number of benzene rings is 1. The molecule has 2 aromatic rings. The molecule has 0 saturated carbocycles. The summed E-state index contributed by atoms with van der Waals surface area (Å²) in [7, 11) is 0. The first kappa shape index (κ1) is 13.8. The third kappa shape index (κ3) is 4.22. The Labute approximate surface area is 116 Å². The molecule has 0 fully saturated rings. The number of hydrogen-bond acceptors (Lipinski definition) is 4. The van der Waals surface area contributed by atoms with Crippen molar-refractivity contribution in [1.29, 1.82) is 0 Å². The molecule has 1 aromatic carbocycles. The molecule has 0 spiro atoms. The van der Waals surface area contributed by atoms with E-state index in [1.807, 2.05) is 31.2 Å². The maximum atomic E-state index is 11.9. The summed E-state index contributed by atoms with van der Waals surface area (Å²) in [5, 5.41) is 0. The van der Waals surface area contributed by atoms with Crippen LogP contribution in [0.15, 0.2) is 41.7 Å². The van der Waals surface area contributed by atoms with Crippen LogP contribution < -0.4 is 5.73 Å². The zero-order valence-electron chi connectivity index (χ0n) is 10.8. The molecule has 0 unspecified atom stereocenters. The molecule has 0 radical (unpaired) electrons. The number of imidazole rings is 1. The molecule has 1 aromatic heterocycles. The van der Waals surface area contributed by atoms with Gasteiger partial charge in [-0.05, 0) is 19.1 Å². The quantitative estimate of drug-likeness (QED) is 0.790. The van der Waals surface area contributed by atoms with Gasteiger partial charge in [0.1, 0.15) is 0 Å². The van der Waals surface area contributed by atoms with Crippen molar-refractivity contribution in [3.8, 4) is 0 Å². The van der Waals surface area contributed by atoms with E-state index in [-0.39, 0.29) is 5.78 Å². The van der Waals surface area contributed by atoms with Crippen LogP contribution in [-0.2, 0) is 11.2 Å². The van der Waals surface area contributed by atoms with Crippen molar-refractivity contribution in [2.75, 3.05) is 5.75 Å². The molecule has 0 aliphatic rings. The Morgan fingerprint density at radius 2 is 2.16 bits per heavy atom. The van der Waals surface area contributed by atoms with Crippen LogP contribution in [0, 0.1) is 6.92 Å². The van der Waals surface area contributed by atoms with Gasteiger partial charge in [-0.2, -0.15) is 0 Å². The largest absolute Gasteiger partial charge is 0.348 e. The summed E-state index contributed by atoms with van der Waals surface area (Å²) in [4.78, 5) is 19.9. The molecular formula is C14H17N3OS. The van der Waals surface area contributed by atoms with E-state index in [0.717, 1.165) is 10.6 Å². The maximum Gasteiger partial charge on any atom is 0.160 e. The second-order valence-electron chi connectivity index (χ2n) is 4.46. The molecule has 100 valence electrons. The summed E-state index contributed by atoms with van der Waals surface area (Å²) >= 11 is 1.52. The number of rotatable bonds is 6. The first-order chi connectivity index (χ1) is 9.15. The van der Waals surface area contributed by atoms with Gasteiger partial charge in [0.25, 0.3) is 0 Å². The summed E-state index contributed by atoms with van der Waals surface area (Å²) in [6.07, 6.45) is 3.79. The van der Waals surface area contributed by atoms with Gasteiger partial charge in [0.15, 0.2) is 5.78 Å². The van der Waals surface area contributed by atoms with Crippen LogP contribution in [-0.4, -0.2) is 27.5 Å². The van der Waals surface area contributed by atoms with E-state index in [2.05, 4.69) is 9.97 Å². The average molecular weight is 275 g/mol. The van der Waals surface area contributed by atoms with E-state index >= 15 is 0 Å². The minimum Gasteiger partial charge on any atom is -0.348 e. The molecule has 3 N–H and O–H groups in total. The van der Waals surface area contributed by atoms with E-state index in [9.17, 15) is 4.79 Å². The second-order valence-corrected chi connectivity index (χ2v) is 5.50. The molecule has 5 heteroatoms. The highest BCUT2D eigenvalue weighted by atomic mass is 32.2. The minimum absolute atomic E-state index is 0.0557. The highest BCUT2D eigenvalue weighted by Crippen LogP contribution is 2.18. The van der Waals surface area contributed by atoms with Gasteiger partial charge in [-0.3, -0.25) is 4.79 Å². The molecule has 0 amide bonds. The number of Topliss-reactive ketones (excluding diaryl/α,β-unsaturated/α-hetero) is 1. The van der Waals surface area contributed by atoms with Crippen molar-refractivity contribution in [3.05, 3.63) is 48.0 Å². The number of H-pyrrole nitrogens is 1. The first-order valence-corrected chi connectivity index (χ1v) is 7.09. The Balaban J connectivity index is 1.82. The molecule has 0 aliphatic heterocycles. The number of aromatic amines is 1. The summed E-state index contributed by atoms with van der Waals surface area (Å²) in [6.45, 7) is 2.04. The van der Waals surface area contributed by atoms with Gasteiger partial charge in [-0.1, -0.05) is 17.7 Å². The topological polar surface area (TPSA) is 71.8 Å². The fourth-order valence-electron chi connectivity index (χ4n) is 1.64. The number of carbonyl (C=O) groups excluding carboxylic acids is 1. The lowest BCUT2D eigenvalue weighted by molar-refractivity contribution is -0.117. The van der Waals surface area contributed by atoms with Crippen LogP contribution in [0.2, 0.25) is 0 Å². The van der Waals surface area contributed by atoms with Crippen LogP contribution in [0.25, 0.3) is 0 Å². The van der Waals surface area contributed by atoms with Crippen molar-refractivity contribution in [2.24, 2.45) is 5.73 Å². The third-order valence-electron chi connectivity index (χ3n) is 2.81. The Morgan fingerprint density at radius 3 is 2.79 bits per heavy atom. The molecule has 0 aliphatic carbocycles. The lowest BCUT2D eigenvalue weighted by Gasteiger charge is -2.09. The van der Waals surface area contributed by atoms with Gasteiger partial charge in [0, 0.05) is 23.2 Å². The Kier molecular flexibility index (Phi) is 4.76. The third-order valence-corrected chi connectivity index (χ3v) is 3.84. The molecule has 2 rings (SSSR count). The van der Waals surface area contributed by atoms with Crippen LogP contribution in [0.1, 0.15) is 11.3 Å². The van der Waals surface area contributed by atoms with Crippen molar-refractivity contribution < 1.29 is 4.79 Å². The number of aromatic nitrogens is 2. The zero-order valence-corrected chi connectivity index (χ0v) is 11.6. The summed E-state index contributed by atoms with van der Waals surface area (Å²) in [5.41, 5.74) is 7.99. The number of nitrogens with one attached hydrogen (secondary N) is 1.